The molecule has 1 aliphatic carbocycles. The molecule has 0 spiro atoms. The number of benzene rings is 1. The van der Waals surface area contributed by atoms with Crippen LogP contribution in [0, 0.1) is 18.3 Å². The van der Waals surface area contributed by atoms with E-state index in [4.69, 9.17) is 0 Å². The van der Waals surface area contributed by atoms with Crippen LogP contribution in [0.3, 0.4) is 0 Å². The number of rotatable bonds is 4. The molecule has 1 aromatic rings. The van der Waals surface area contributed by atoms with Gasteiger partial charge in [-0.25, -0.2) is 0 Å². The number of hydrogen-bond acceptors (Lipinski definition) is 2. The smallest absolute Gasteiger partial charge is 0.137 e. The molecule has 2 rings (SSSR count). The summed E-state index contributed by atoms with van der Waals surface area (Å²) in [7, 11) is 2.12. The van der Waals surface area contributed by atoms with Crippen molar-refractivity contribution < 1.29 is 4.79 Å². The molecule has 20 heavy (non-hydrogen) atoms. The van der Waals surface area contributed by atoms with Gasteiger partial charge in [0, 0.05) is 25.4 Å². The average Bonchev–Trinajstić information content (AvgIpc) is 2.33. The van der Waals surface area contributed by atoms with Crippen molar-refractivity contribution >= 4 is 5.78 Å². The Kier molecular flexibility index (Phi) is 4.64. The van der Waals surface area contributed by atoms with Crippen molar-refractivity contribution in [3.63, 3.8) is 0 Å². The molecule has 1 aromatic carbocycles. The van der Waals surface area contributed by atoms with Crippen LogP contribution in [0.5, 0.6) is 0 Å². The van der Waals surface area contributed by atoms with Gasteiger partial charge in [-0.3, -0.25) is 4.79 Å². The highest BCUT2D eigenvalue weighted by Crippen LogP contribution is 2.37. The van der Waals surface area contributed by atoms with E-state index in [1.807, 2.05) is 0 Å². The summed E-state index contributed by atoms with van der Waals surface area (Å²) in [5, 5.41) is 0. The molecule has 2 nitrogen and oxygen atoms in total. The van der Waals surface area contributed by atoms with Gasteiger partial charge in [-0.15, -0.1) is 0 Å². The van der Waals surface area contributed by atoms with Crippen LogP contribution in [0.2, 0.25) is 0 Å². The van der Waals surface area contributed by atoms with Crippen molar-refractivity contribution in [2.24, 2.45) is 11.3 Å². The van der Waals surface area contributed by atoms with Gasteiger partial charge < -0.3 is 4.90 Å². The maximum absolute atomic E-state index is 12.1. The normalized spacial score (nSPS) is 22.2. The molecule has 0 radical (unpaired) electrons. The largest absolute Gasteiger partial charge is 0.301 e. The standard InChI is InChI=1S/C18H27NO/c1-14-6-5-7-15(10-14)12-19(4)13-16-11-18(2,3)9-8-17(16)20/h5-7,10,16H,8-9,11-13H2,1-4H3. The lowest BCUT2D eigenvalue weighted by molar-refractivity contribution is -0.127. The maximum Gasteiger partial charge on any atom is 0.137 e. The van der Waals surface area contributed by atoms with E-state index in [9.17, 15) is 4.79 Å². The predicted octanol–water partition coefficient (Wildman–Crippen LogP) is 3.82. The number of ketones is 1. The monoisotopic (exact) mass is 273 g/mol. The summed E-state index contributed by atoms with van der Waals surface area (Å²) in [6.07, 6.45) is 2.84. The third kappa shape index (κ3) is 4.17. The van der Waals surface area contributed by atoms with Gasteiger partial charge in [0.15, 0.2) is 0 Å². The molecule has 0 N–H and O–H groups in total. The fourth-order valence-electron chi connectivity index (χ4n) is 3.28. The Bertz CT molecular complexity index is 478. The number of aryl methyl sites for hydroxylation is 1. The molecule has 0 amide bonds. The first-order valence-corrected chi connectivity index (χ1v) is 7.62. The summed E-state index contributed by atoms with van der Waals surface area (Å²) in [5.74, 6) is 0.675. The van der Waals surface area contributed by atoms with Crippen LogP contribution in [-0.4, -0.2) is 24.3 Å². The number of carbonyl (C=O) groups excluding carboxylic acids is 1. The quantitative estimate of drug-likeness (QED) is 0.831. The molecule has 0 aliphatic heterocycles. The first-order chi connectivity index (χ1) is 9.35. The molecular formula is C18H27NO. The van der Waals surface area contributed by atoms with Crippen molar-refractivity contribution in [2.45, 2.75) is 46.6 Å². The lowest BCUT2D eigenvalue weighted by Gasteiger charge is -2.36. The predicted molar refractivity (Wildman–Crippen MR) is 83.6 cm³/mol. The molecule has 1 atom stereocenters. The Hall–Kier alpha value is -1.15. The van der Waals surface area contributed by atoms with E-state index in [2.05, 4.69) is 57.0 Å². The van der Waals surface area contributed by atoms with Crippen molar-refractivity contribution in [1.29, 1.82) is 0 Å². The fraction of sp³-hybridized carbons (Fsp3) is 0.611. The molecule has 110 valence electrons. The van der Waals surface area contributed by atoms with Gasteiger partial charge in [0.25, 0.3) is 0 Å². The molecule has 0 saturated heterocycles. The second kappa shape index (κ2) is 6.09. The molecule has 1 fully saturated rings. The van der Waals surface area contributed by atoms with Crippen LogP contribution in [-0.2, 0) is 11.3 Å². The van der Waals surface area contributed by atoms with Gasteiger partial charge in [-0.05, 0) is 37.8 Å². The van der Waals surface area contributed by atoms with Gasteiger partial charge in [-0.1, -0.05) is 43.7 Å². The van der Waals surface area contributed by atoms with Crippen molar-refractivity contribution in [3.8, 4) is 0 Å². The zero-order valence-corrected chi connectivity index (χ0v) is 13.3. The summed E-state index contributed by atoms with van der Waals surface area (Å²) in [6.45, 7) is 8.50. The highest BCUT2D eigenvalue weighted by atomic mass is 16.1. The maximum atomic E-state index is 12.1. The Morgan fingerprint density at radius 1 is 1.35 bits per heavy atom. The minimum Gasteiger partial charge on any atom is -0.301 e. The molecular weight excluding hydrogens is 246 g/mol. The average molecular weight is 273 g/mol. The third-order valence-corrected chi connectivity index (χ3v) is 4.37. The SMILES string of the molecule is Cc1cccc(CN(C)CC2CC(C)(C)CCC2=O)c1. The van der Waals surface area contributed by atoms with Gasteiger partial charge >= 0.3 is 0 Å². The first kappa shape index (κ1) is 15.2. The number of Topliss-reactive ketones (excluding diaryl/α,β-unsaturated/α-hetero) is 1. The van der Waals surface area contributed by atoms with Crippen LogP contribution in [0.25, 0.3) is 0 Å². The van der Waals surface area contributed by atoms with Crippen LogP contribution in [0.4, 0.5) is 0 Å². The summed E-state index contributed by atoms with van der Waals surface area (Å²) < 4.78 is 0. The number of hydrogen-bond donors (Lipinski definition) is 0. The van der Waals surface area contributed by atoms with Gasteiger partial charge in [-0.2, -0.15) is 0 Å². The van der Waals surface area contributed by atoms with E-state index >= 15 is 0 Å². The van der Waals surface area contributed by atoms with Crippen LogP contribution >= 0.6 is 0 Å². The van der Waals surface area contributed by atoms with Crippen LogP contribution in [0.15, 0.2) is 24.3 Å². The molecule has 1 unspecified atom stereocenters. The minimum atomic E-state index is 0.216. The fourth-order valence-corrected chi connectivity index (χ4v) is 3.28. The van der Waals surface area contributed by atoms with Crippen LogP contribution < -0.4 is 0 Å². The second-order valence-corrected chi connectivity index (χ2v) is 7.22. The Morgan fingerprint density at radius 2 is 2.10 bits per heavy atom. The lowest BCUT2D eigenvalue weighted by atomic mass is 9.71. The van der Waals surface area contributed by atoms with E-state index in [1.165, 1.54) is 11.1 Å². The molecule has 2 heteroatoms. The highest BCUT2D eigenvalue weighted by Gasteiger charge is 2.33. The van der Waals surface area contributed by atoms with Crippen molar-refractivity contribution in [3.05, 3.63) is 35.4 Å². The topological polar surface area (TPSA) is 20.3 Å². The number of nitrogens with zero attached hydrogens (tertiary/aromatic N) is 1. The van der Waals surface area contributed by atoms with Crippen LogP contribution in [0.1, 0.15) is 44.2 Å². The van der Waals surface area contributed by atoms with E-state index in [-0.39, 0.29) is 5.92 Å². The van der Waals surface area contributed by atoms with Crippen molar-refractivity contribution in [2.75, 3.05) is 13.6 Å². The lowest BCUT2D eigenvalue weighted by Crippen LogP contribution is -2.37. The Labute approximate surface area is 123 Å². The van der Waals surface area contributed by atoms with E-state index in [1.54, 1.807) is 0 Å². The summed E-state index contributed by atoms with van der Waals surface area (Å²) in [6, 6.07) is 8.61. The van der Waals surface area contributed by atoms with E-state index in [0.29, 0.717) is 11.2 Å². The molecule has 0 bridgehead atoms. The highest BCUT2D eigenvalue weighted by molar-refractivity contribution is 5.82. The van der Waals surface area contributed by atoms with E-state index < -0.39 is 0 Å². The Morgan fingerprint density at radius 3 is 2.80 bits per heavy atom. The third-order valence-electron chi connectivity index (χ3n) is 4.37. The van der Waals surface area contributed by atoms with E-state index in [0.717, 1.165) is 32.4 Å². The Balaban J connectivity index is 1.93. The second-order valence-electron chi connectivity index (χ2n) is 7.22. The molecule has 1 aliphatic rings. The summed E-state index contributed by atoms with van der Waals surface area (Å²) >= 11 is 0. The summed E-state index contributed by atoms with van der Waals surface area (Å²) in [5.41, 5.74) is 2.95. The van der Waals surface area contributed by atoms with Gasteiger partial charge in [0.1, 0.15) is 5.78 Å². The minimum absolute atomic E-state index is 0.216. The first-order valence-electron chi connectivity index (χ1n) is 7.62. The van der Waals surface area contributed by atoms with Crippen molar-refractivity contribution in [1.82, 2.24) is 4.90 Å². The molecule has 1 saturated carbocycles. The molecule has 0 aromatic heterocycles. The number of carbonyl (C=O) groups is 1. The molecule has 0 heterocycles. The van der Waals surface area contributed by atoms with Gasteiger partial charge in [0.2, 0.25) is 0 Å². The summed E-state index contributed by atoms with van der Waals surface area (Å²) in [4.78, 5) is 14.4. The van der Waals surface area contributed by atoms with Gasteiger partial charge in [0.05, 0.1) is 0 Å². The zero-order valence-electron chi connectivity index (χ0n) is 13.3. The zero-order chi connectivity index (χ0) is 14.8.